The van der Waals surface area contributed by atoms with Crippen LogP contribution in [0.15, 0.2) is 64.6 Å². The summed E-state index contributed by atoms with van der Waals surface area (Å²) in [5.41, 5.74) is 1.29. The van der Waals surface area contributed by atoms with Gasteiger partial charge in [-0.1, -0.05) is 28.1 Å². The van der Waals surface area contributed by atoms with Crippen LogP contribution in [0.1, 0.15) is 29.7 Å². The maximum absolute atomic E-state index is 14.2. The Labute approximate surface area is 214 Å². The number of amides is 1. The monoisotopic (exact) mass is 557 g/mol. The number of benzene rings is 3. The van der Waals surface area contributed by atoms with E-state index in [0.717, 1.165) is 27.1 Å². The summed E-state index contributed by atoms with van der Waals surface area (Å²) in [4.78, 5) is 27.6. The molecule has 1 N–H and O–H groups in total. The molecule has 1 fully saturated rings. The number of carbonyl (C=O) groups excluding carboxylic acids is 2. The summed E-state index contributed by atoms with van der Waals surface area (Å²) in [6, 6.07) is 11.6. The second-order valence-corrected chi connectivity index (χ2v) is 8.93. The van der Waals surface area contributed by atoms with E-state index in [1.165, 1.54) is 13.2 Å². The Bertz CT molecular complexity index is 1400. The number of nitrogens with zero attached hydrogens (tertiary/aromatic N) is 1. The van der Waals surface area contributed by atoms with Crippen LogP contribution < -0.4 is 14.4 Å². The number of methoxy groups -OCH3 is 1. The van der Waals surface area contributed by atoms with Gasteiger partial charge in [0.05, 0.1) is 25.3 Å². The number of aliphatic hydroxyl groups excluding tert-OH is 1. The highest BCUT2D eigenvalue weighted by Crippen LogP contribution is 2.44. The van der Waals surface area contributed by atoms with Crippen molar-refractivity contribution in [2.45, 2.75) is 19.9 Å². The predicted molar refractivity (Wildman–Crippen MR) is 134 cm³/mol. The van der Waals surface area contributed by atoms with E-state index in [1.807, 2.05) is 6.92 Å². The number of hydrogen-bond acceptors (Lipinski definition) is 5. The summed E-state index contributed by atoms with van der Waals surface area (Å²) in [6.07, 6.45) is 0. The quantitative estimate of drug-likeness (QED) is 0.226. The van der Waals surface area contributed by atoms with E-state index < -0.39 is 35.1 Å². The van der Waals surface area contributed by atoms with Gasteiger partial charge in [0, 0.05) is 21.8 Å². The zero-order chi connectivity index (χ0) is 26.1. The van der Waals surface area contributed by atoms with Crippen LogP contribution in [0.5, 0.6) is 11.5 Å². The molecule has 36 heavy (non-hydrogen) atoms. The summed E-state index contributed by atoms with van der Waals surface area (Å²) < 4.78 is 39.6. The minimum absolute atomic E-state index is 0.0409. The molecule has 3 aromatic carbocycles. The molecule has 1 atom stereocenters. The average molecular weight is 558 g/mol. The average Bonchev–Trinajstić information content (AvgIpc) is 3.12. The van der Waals surface area contributed by atoms with Crippen molar-refractivity contribution < 1.29 is 33.0 Å². The molecule has 1 saturated heterocycles. The molecule has 0 bridgehead atoms. The molecule has 4 rings (SSSR count). The maximum Gasteiger partial charge on any atom is 0.300 e. The number of ether oxygens (including phenoxy) is 2. The molecule has 1 unspecified atom stereocenters. The topological polar surface area (TPSA) is 76.1 Å². The van der Waals surface area contributed by atoms with Gasteiger partial charge in [-0.05, 0) is 61.4 Å². The second-order valence-electron chi connectivity index (χ2n) is 8.07. The first-order chi connectivity index (χ1) is 17.2. The number of anilines is 1. The molecule has 186 valence electrons. The molecule has 1 amide bonds. The third kappa shape index (κ3) is 4.46. The van der Waals surface area contributed by atoms with E-state index in [1.54, 1.807) is 43.3 Å². The van der Waals surface area contributed by atoms with Gasteiger partial charge in [0.2, 0.25) is 0 Å². The van der Waals surface area contributed by atoms with Crippen LogP contribution in [0.3, 0.4) is 0 Å². The lowest BCUT2D eigenvalue weighted by Gasteiger charge is -2.26. The lowest BCUT2D eigenvalue weighted by Crippen LogP contribution is -2.29. The Morgan fingerprint density at radius 1 is 1.03 bits per heavy atom. The third-order valence-electron chi connectivity index (χ3n) is 5.86. The first-order valence-corrected chi connectivity index (χ1v) is 11.8. The molecule has 0 spiro atoms. The molecule has 0 saturated carbocycles. The number of halogens is 3. The zero-order valence-electron chi connectivity index (χ0n) is 19.6. The van der Waals surface area contributed by atoms with E-state index >= 15 is 0 Å². The first-order valence-electron chi connectivity index (χ1n) is 11.0. The Kier molecular flexibility index (Phi) is 7.12. The van der Waals surface area contributed by atoms with E-state index in [0.29, 0.717) is 29.2 Å². The Balaban J connectivity index is 1.98. The van der Waals surface area contributed by atoms with Crippen LogP contribution in [0.4, 0.5) is 14.5 Å². The molecule has 1 heterocycles. The first kappa shape index (κ1) is 25.4. The van der Waals surface area contributed by atoms with Crippen LogP contribution in [0.25, 0.3) is 5.76 Å². The van der Waals surface area contributed by atoms with Crippen molar-refractivity contribution in [3.63, 3.8) is 0 Å². The van der Waals surface area contributed by atoms with Crippen molar-refractivity contribution in [1.82, 2.24) is 0 Å². The van der Waals surface area contributed by atoms with Crippen molar-refractivity contribution in [2.75, 3.05) is 18.6 Å². The summed E-state index contributed by atoms with van der Waals surface area (Å²) in [5.74, 6) is -3.84. The van der Waals surface area contributed by atoms with Gasteiger partial charge >= 0.3 is 0 Å². The van der Waals surface area contributed by atoms with Crippen LogP contribution in [0, 0.1) is 18.6 Å². The van der Waals surface area contributed by atoms with E-state index in [9.17, 15) is 23.5 Å². The summed E-state index contributed by atoms with van der Waals surface area (Å²) in [7, 11) is 1.47. The number of carbonyl (C=O) groups is 2. The number of aryl methyl sites for hydroxylation is 1. The van der Waals surface area contributed by atoms with Gasteiger partial charge in [-0.2, -0.15) is 0 Å². The normalized spacial score (nSPS) is 16.9. The van der Waals surface area contributed by atoms with E-state index in [4.69, 9.17) is 9.47 Å². The number of ketones is 1. The van der Waals surface area contributed by atoms with Gasteiger partial charge < -0.3 is 14.6 Å². The predicted octanol–water partition coefficient (Wildman–Crippen LogP) is 6.07. The van der Waals surface area contributed by atoms with Gasteiger partial charge in [0.1, 0.15) is 5.76 Å². The summed E-state index contributed by atoms with van der Waals surface area (Å²) in [5, 5.41) is 11.3. The fraction of sp³-hybridized carbons (Fsp3) is 0.185. The van der Waals surface area contributed by atoms with E-state index in [-0.39, 0.29) is 11.3 Å². The van der Waals surface area contributed by atoms with Crippen LogP contribution >= 0.6 is 15.9 Å². The molecular formula is C27H22BrF2NO5. The standard InChI is InChI=1S/C27H22BrF2NO5/c1-4-36-22-12-15(6-10-21(22)35-3)24-23(25(32)16-5-8-18(28)14(2)11-16)26(33)27(34)31(24)17-7-9-19(29)20(30)13-17/h5-13,24,32H,4H2,1-3H3/b25-23+. The Morgan fingerprint density at radius 3 is 2.42 bits per heavy atom. The highest BCUT2D eigenvalue weighted by Gasteiger charge is 2.47. The fourth-order valence-electron chi connectivity index (χ4n) is 4.13. The van der Waals surface area contributed by atoms with Gasteiger partial charge in [-0.25, -0.2) is 8.78 Å². The van der Waals surface area contributed by atoms with Gasteiger partial charge in [-0.15, -0.1) is 0 Å². The Morgan fingerprint density at radius 2 is 1.78 bits per heavy atom. The summed E-state index contributed by atoms with van der Waals surface area (Å²) >= 11 is 3.40. The third-order valence-corrected chi connectivity index (χ3v) is 6.75. The van der Waals surface area contributed by atoms with Crippen molar-refractivity contribution in [3.05, 3.63) is 93.0 Å². The highest BCUT2D eigenvalue weighted by molar-refractivity contribution is 9.10. The smallest absolute Gasteiger partial charge is 0.300 e. The highest BCUT2D eigenvalue weighted by atomic mass is 79.9. The van der Waals surface area contributed by atoms with Gasteiger partial charge in [0.15, 0.2) is 23.1 Å². The minimum Gasteiger partial charge on any atom is -0.507 e. The number of Topliss-reactive ketones (excluding diaryl/α,β-unsaturated/α-hetero) is 1. The zero-order valence-corrected chi connectivity index (χ0v) is 21.2. The lowest BCUT2D eigenvalue weighted by atomic mass is 9.94. The molecule has 3 aromatic rings. The minimum atomic E-state index is -1.18. The molecule has 1 aliphatic heterocycles. The number of aliphatic hydroxyl groups is 1. The molecule has 0 aliphatic carbocycles. The number of hydrogen-bond donors (Lipinski definition) is 1. The number of rotatable bonds is 6. The van der Waals surface area contributed by atoms with Crippen LogP contribution in [-0.4, -0.2) is 30.5 Å². The molecule has 0 aromatic heterocycles. The molecule has 9 heteroatoms. The lowest BCUT2D eigenvalue weighted by molar-refractivity contribution is -0.132. The SMILES string of the molecule is CCOc1cc(C2/C(=C(\O)c3ccc(Br)c(C)c3)C(=O)C(=O)N2c2ccc(F)c(F)c2)ccc1OC. The maximum atomic E-state index is 14.2. The van der Waals surface area contributed by atoms with Crippen molar-refractivity contribution in [1.29, 1.82) is 0 Å². The van der Waals surface area contributed by atoms with Crippen molar-refractivity contribution in [2.24, 2.45) is 0 Å². The van der Waals surface area contributed by atoms with Gasteiger partial charge in [-0.3, -0.25) is 14.5 Å². The van der Waals surface area contributed by atoms with Crippen LogP contribution in [-0.2, 0) is 9.59 Å². The van der Waals surface area contributed by atoms with Gasteiger partial charge in [0.25, 0.3) is 11.7 Å². The van der Waals surface area contributed by atoms with Crippen molar-refractivity contribution in [3.8, 4) is 11.5 Å². The second kappa shape index (κ2) is 10.1. The van der Waals surface area contributed by atoms with E-state index in [2.05, 4.69) is 15.9 Å². The molecule has 6 nitrogen and oxygen atoms in total. The van der Waals surface area contributed by atoms with Crippen LogP contribution in [0.2, 0.25) is 0 Å². The summed E-state index contributed by atoms with van der Waals surface area (Å²) in [6.45, 7) is 3.92. The van der Waals surface area contributed by atoms with Crippen molar-refractivity contribution >= 4 is 39.1 Å². The molecule has 0 radical (unpaired) electrons. The Hall–Kier alpha value is -3.72. The fourth-order valence-corrected chi connectivity index (χ4v) is 4.37. The largest absolute Gasteiger partial charge is 0.507 e. The molecular weight excluding hydrogens is 536 g/mol. The molecule has 1 aliphatic rings.